The Labute approximate surface area is 160 Å². The summed E-state index contributed by atoms with van der Waals surface area (Å²) in [5.74, 6) is -0.138. The van der Waals surface area contributed by atoms with Crippen LogP contribution in [0, 0.1) is 0 Å². The summed E-state index contributed by atoms with van der Waals surface area (Å²) in [4.78, 5) is 25.9. The van der Waals surface area contributed by atoms with Gasteiger partial charge in [0.15, 0.2) is 0 Å². The summed E-state index contributed by atoms with van der Waals surface area (Å²) in [6.45, 7) is 2.42. The summed E-state index contributed by atoms with van der Waals surface area (Å²) < 4.78 is 1.52. The maximum absolute atomic E-state index is 12.1. The van der Waals surface area contributed by atoms with E-state index in [4.69, 9.17) is 0 Å². The van der Waals surface area contributed by atoms with Crippen molar-refractivity contribution >= 4 is 42.3 Å². The number of carbonyl (C=O) groups excluding carboxylic acids is 2. The molecule has 1 aliphatic rings. The molecule has 0 aliphatic carbocycles. The Hall–Kier alpha value is -1.35. The highest BCUT2D eigenvalue weighted by molar-refractivity contribution is 5.94. The second-order valence-electron chi connectivity index (χ2n) is 6.07. The largest absolute Gasteiger partial charge is 0.353 e. The molecule has 1 saturated heterocycles. The van der Waals surface area contributed by atoms with Crippen LogP contribution in [0.4, 0.5) is 5.69 Å². The van der Waals surface area contributed by atoms with E-state index in [0.717, 1.165) is 32.4 Å². The quantitative estimate of drug-likeness (QED) is 0.625. The highest BCUT2D eigenvalue weighted by Gasteiger charge is 2.20. The molecule has 0 spiro atoms. The van der Waals surface area contributed by atoms with Gasteiger partial charge < -0.3 is 20.9 Å². The average molecular weight is 395 g/mol. The Balaban J connectivity index is 0.00000288. The van der Waals surface area contributed by atoms with Gasteiger partial charge in [-0.2, -0.15) is 5.10 Å². The zero-order valence-electron chi connectivity index (χ0n) is 14.7. The molecule has 8 nitrogen and oxygen atoms in total. The zero-order valence-corrected chi connectivity index (χ0v) is 16.3. The highest BCUT2D eigenvalue weighted by atomic mass is 35.5. The lowest BCUT2D eigenvalue weighted by molar-refractivity contribution is -0.122. The van der Waals surface area contributed by atoms with Crippen molar-refractivity contribution in [1.29, 1.82) is 0 Å². The third-order valence-electron chi connectivity index (χ3n) is 3.71. The zero-order chi connectivity index (χ0) is 16.7. The van der Waals surface area contributed by atoms with Crippen molar-refractivity contribution in [3.8, 4) is 0 Å². The van der Waals surface area contributed by atoms with Crippen LogP contribution in [0.1, 0.15) is 19.3 Å². The molecule has 1 aromatic rings. The molecule has 1 fully saturated rings. The van der Waals surface area contributed by atoms with E-state index in [1.54, 1.807) is 12.4 Å². The first-order chi connectivity index (χ1) is 11.0. The lowest BCUT2D eigenvalue weighted by Crippen LogP contribution is -2.43. The maximum atomic E-state index is 12.1. The van der Waals surface area contributed by atoms with Crippen LogP contribution in [0.2, 0.25) is 0 Å². The summed E-state index contributed by atoms with van der Waals surface area (Å²) >= 11 is 0. The third-order valence-corrected chi connectivity index (χ3v) is 3.71. The second-order valence-corrected chi connectivity index (χ2v) is 6.07. The van der Waals surface area contributed by atoms with Crippen LogP contribution in [0.5, 0.6) is 0 Å². The van der Waals surface area contributed by atoms with Crippen molar-refractivity contribution in [3.05, 3.63) is 12.4 Å². The van der Waals surface area contributed by atoms with Crippen molar-refractivity contribution < 1.29 is 9.59 Å². The predicted octanol–water partition coefficient (Wildman–Crippen LogP) is 0.485. The molecular weight excluding hydrogens is 367 g/mol. The number of piperidine rings is 1. The number of hydrogen-bond donors (Lipinski definition) is 3. The Morgan fingerprint density at radius 3 is 2.76 bits per heavy atom. The van der Waals surface area contributed by atoms with E-state index in [9.17, 15) is 9.59 Å². The van der Waals surface area contributed by atoms with Crippen LogP contribution in [-0.4, -0.2) is 66.3 Å². The smallest absolute Gasteiger partial charge is 0.241 e. The van der Waals surface area contributed by atoms with Crippen molar-refractivity contribution in [2.75, 3.05) is 39.0 Å². The van der Waals surface area contributed by atoms with Crippen molar-refractivity contribution in [2.45, 2.75) is 31.8 Å². The maximum Gasteiger partial charge on any atom is 0.241 e. The molecule has 1 aliphatic heterocycles. The van der Waals surface area contributed by atoms with E-state index < -0.39 is 0 Å². The van der Waals surface area contributed by atoms with Gasteiger partial charge in [0.05, 0.1) is 17.9 Å². The third kappa shape index (κ3) is 8.53. The summed E-state index contributed by atoms with van der Waals surface area (Å²) in [6, 6.07) is -0.138. The van der Waals surface area contributed by atoms with Crippen molar-refractivity contribution in [1.82, 2.24) is 25.3 Å². The molecule has 2 rings (SSSR count). The van der Waals surface area contributed by atoms with Gasteiger partial charge in [0.2, 0.25) is 11.8 Å². The fourth-order valence-corrected chi connectivity index (χ4v) is 2.44. The number of nitrogens with zero attached hydrogens (tertiary/aromatic N) is 3. The van der Waals surface area contributed by atoms with Crippen molar-refractivity contribution in [2.24, 2.45) is 0 Å². The van der Waals surface area contributed by atoms with Gasteiger partial charge in [0.1, 0.15) is 6.54 Å². The second kappa shape index (κ2) is 12.1. The normalized spacial score (nSPS) is 16.5. The van der Waals surface area contributed by atoms with E-state index in [2.05, 4.69) is 21.0 Å². The molecule has 0 bridgehead atoms. The van der Waals surface area contributed by atoms with Crippen LogP contribution in [0.3, 0.4) is 0 Å². The fraction of sp³-hybridized carbons (Fsp3) is 0.667. The van der Waals surface area contributed by atoms with Gasteiger partial charge in [-0.1, -0.05) is 6.42 Å². The SMILES string of the molecule is CN(C)CCNC(=O)Cn1cc(NC(=O)[C@H]2CCCCN2)cn1.Cl.Cl. The lowest BCUT2D eigenvalue weighted by atomic mass is 10.0. The number of carbonyl (C=O) groups is 2. The minimum atomic E-state index is -0.138. The molecule has 144 valence electrons. The van der Waals surface area contributed by atoms with Crippen LogP contribution < -0.4 is 16.0 Å². The Bertz CT molecular complexity index is 532. The standard InChI is InChI=1S/C15H26N6O2.2ClH/c1-20(2)8-7-17-14(22)11-21-10-12(9-18-21)19-15(23)13-5-3-4-6-16-13;;/h9-10,13,16H,3-8,11H2,1-2H3,(H,17,22)(H,19,23);2*1H/t13-;;/m1../s1. The predicted molar refractivity (Wildman–Crippen MR) is 103 cm³/mol. The summed E-state index contributed by atoms with van der Waals surface area (Å²) in [6.07, 6.45) is 6.27. The number of aromatic nitrogens is 2. The molecule has 0 saturated carbocycles. The van der Waals surface area contributed by atoms with Crippen LogP contribution in [-0.2, 0) is 16.1 Å². The monoisotopic (exact) mass is 394 g/mol. The van der Waals surface area contributed by atoms with Crippen molar-refractivity contribution in [3.63, 3.8) is 0 Å². The molecular formula is C15H28Cl2N6O2. The van der Waals surface area contributed by atoms with Crippen LogP contribution in [0.15, 0.2) is 12.4 Å². The Morgan fingerprint density at radius 2 is 2.12 bits per heavy atom. The van der Waals surface area contributed by atoms with E-state index in [0.29, 0.717) is 12.2 Å². The van der Waals surface area contributed by atoms with E-state index in [1.807, 2.05) is 19.0 Å². The molecule has 1 aromatic heterocycles. The number of nitrogens with one attached hydrogen (secondary N) is 3. The number of hydrogen-bond acceptors (Lipinski definition) is 5. The number of amides is 2. The van der Waals surface area contributed by atoms with Gasteiger partial charge in [0.25, 0.3) is 0 Å². The molecule has 2 heterocycles. The summed E-state index contributed by atoms with van der Waals surface area (Å²) in [7, 11) is 3.91. The number of halogens is 2. The lowest BCUT2D eigenvalue weighted by Gasteiger charge is -2.22. The number of likely N-dealkylation sites (N-methyl/N-ethyl adjacent to an activating group) is 1. The fourth-order valence-electron chi connectivity index (χ4n) is 2.44. The van der Waals surface area contributed by atoms with Gasteiger partial charge in [-0.15, -0.1) is 24.8 Å². The Morgan fingerprint density at radius 1 is 1.36 bits per heavy atom. The van der Waals surface area contributed by atoms with Gasteiger partial charge in [-0.05, 0) is 33.5 Å². The molecule has 3 N–H and O–H groups in total. The van der Waals surface area contributed by atoms with E-state index in [-0.39, 0.29) is 49.2 Å². The first kappa shape index (κ1) is 23.6. The van der Waals surface area contributed by atoms with Gasteiger partial charge in [-0.25, -0.2) is 0 Å². The van der Waals surface area contributed by atoms with Gasteiger partial charge in [-0.3, -0.25) is 14.3 Å². The van der Waals surface area contributed by atoms with Crippen LogP contribution in [0.25, 0.3) is 0 Å². The van der Waals surface area contributed by atoms with Gasteiger partial charge in [0, 0.05) is 19.3 Å². The molecule has 2 amide bonds. The molecule has 0 radical (unpaired) electrons. The minimum Gasteiger partial charge on any atom is -0.353 e. The molecule has 0 aromatic carbocycles. The van der Waals surface area contributed by atoms with E-state index in [1.165, 1.54) is 4.68 Å². The molecule has 1 atom stereocenters. The Kier molecular flexibility index (Phi) is 11.4. The highest BCUT2D eigenvalue weighted by Crippen LogP contribution is 2.11. The minimum absolute atomic E-state index is 0. The molecule has 10 heteroatoms. The van der Waals surface area contributed by atoms with Crippen LogP contribution >= 0.6 is 24.8 Å². The summed E-state index contributed by atoms with van der Waals surface area (Å²) in [5, 5.41) is 13.0. The van der Waals surface area contributed by atoms with E-state index >= 15 is 0 Å². The summed E-state index contributed by atoms with van der Waals surface area (Å²) in [5.41, 5.74) is 0.614. The first-order valence-electron chi connectivity index (χ1n) is 8.03. The molecule has 25 heavy (non-hydrogen) atoms. The number of rotatable bonds is 7. The first-order valence-corrected chi connectivity index (χ1v) is 8.03. The number of anilines is 1. The average Bonchev–Trinajstić information content (AvgIpc) is 2.94. The topological polar surface area (TPSA) is 91.3 Å². The molecule has 0 unspecified atom stereocenters. The van der Waals surface area contributed by atoms with Gasteiger partial charge >= 0.3 is 0 Å².